The molecule has 0 spiro atoms. The summed E-state index contributed by atoms with van der Waals surface area (Å²) >= 11 is 0. The summed E-state index contributed by atoms with van der Waals surface area (Å²) in [6, 6.07) is -0.0279. The highest BCUT2D eigenvalue weighted by Crippen LogP contribution is 2.29. The molecule has 0 saturated heterocycles. The van der Waals surface area contributed by atoms with Crippen LogP contribution >= 0.6 is 0 Å². The minimum Gasteiger partial charge on any atom is -0.314 e. The van der Waals surface area contributed by atoms with Crippen molar-refractivity contribution in [3.8, 4) is 0 Å². The Hall–Kier alpha value is -1.04. The van der Waals surface area contributed by atoms with Crippen LogP contribution in [-0.2, 0) is 6.18 Å². The quantitative estimate of drug-likeness (QED) is 0.827. The third-order valence-corrected chi connectivity index (χ3v) is 2.86. The molecule has 0 amide bonds. The molecule has 1 rings (SSSR count). The van der Waals surface area contributed by atoms with Gasteiger partial charge in [0.1, 0.15) is 0 Å². The Labute approximate surface area is 112 Å². The van der Waals surface area contributed by atoms with E-state index in [-0.39, 0.29) is 6.04 Å². The predicted molar refractivity (Wildman–Crippen MR) is 68.9 cm³/mol. The Morgan fingerprint density at radius 2 is 2.00 bits per heavy atom. The smallest absolute Gasteiger partial charge is 0.314 e. The van der Waals surface area contributed by atoms with E-state index in [0.717, 1.165) is 31.8 Å². The van der Waals surface area contributed by atoms with E-state index in [0.29, 0.717) is 12.5 Å². The van der Waals surface area contributed by atoms with Crippen LogP contribution < -0.4 is 5.32 Å². The molecule has 1 aromatic heterocycles. The van der Waals surface area contributed by atoms with Gasteiger partial charge in [0.2, 0.25) is 0 Å². The fourth-order valence-electron chi connectivity index (χ4n) is 1.88. The van der Waals surface area contributed by atoms with Crippen LogP contribution in [0.4, 0.5) is 13.2 Å². The van der Waals surface area contributed by atoms with E-state index < -0.39 is 11.7 Å². The van der Waals surface area contributed by atoms with Crippen molar-refractivity contribution in [3.05, 3.63) is 18.0 Å². The maximum Gasteiger partial charge on any atom is 0.419 e. The fraction of sp³-hybridized carbons (Fsp3) is 0.769. The van der Waals surface area contributed by atoms with Gasteiger partial charge in [-0.3, -0.25) is 4.68 Å². The van der Waals surface area contributed by atoms with Gasteiger partial charge in [0.25, 0.3) is 0 Å². The first-order valence-corrected chi connectivity index (χ1v) is 6.66. The standard InChI is InChI=1S/C13H22F3N3/c1-4-5-12(8-17-6-10(2)3)19-9-11(7-18-19)13(14,15)16/h7,9-10,12,17H,4-6,8H2,1-3H3. The molecule has 110 valence electrons. The van der Waals surface area contributed by atoms with Crippen molar-refractivity contribution in [3.63, 3.8) is 0 Å². The monoisotopic (exact) mass is 277 g/mol. The van der Waals surface area contributed by atoms with Crippen molar-refractivity contribution in [2.75, 3.05) is 13.1 Å². The van der Waals surface area contributed by atoms with Crippen molar-refractivity contribution in [2.24, 2.45) is 5.92 Å². The molecule has 0 bridgehead atoms. The molecule has 0 radical (unpaired) electrons. The summed E-state index contributed by atoms with van der Waals surface area (Å²) in [7, 11) is 0. The van der Waals surface area contributed by atoms with Crippen molar-refractivity contribution in [1.82, 2.24) is 15.1 Å². The van der Waals surface area contributed by atoms with Gasteiger partial charge in [0, 0.05) is 12.7 Å². The Bertz CT molecular complexity index is 371. The minimum atomic E-state index is -4.32. The van der Waals surface area contributed by atoms with Gasteiger partial charge >= 0.3 is 6.18 Å². The van der Waals surface area contributed by atoms with Gasteiger partial charge in [-0.1, -0.05) is 27.2 Å². The van der Waals surface area contributed by atoms with Crippen molar-refractivity contribution >= 4 is 0 Å². The molecule has 3 nitrogen and oxygen atoms in total. The first kappa shape index (κ1) is 16.0. The van der Waals surface area contributed by atoms with E-state index in [1.54, 1.807) is 0 Å². The van der Waals surface area contributed by atoms with Crippen LogP contribution in [0.1, 0.15) is 45.2 Å². The summed E-state index contributed by atoms with van der Waals surface area (Å²) in [5.74, 6) is 0.519. The van der Waals surface area contributed by atoms with Gasteiger partial charge in [-0.25, -0.2) is 0 Å². The maximum atomic E-state index is 12.5. The molecule has 6 heteroatoms. The highest BCUT2D eigenvalue weighted by molar-refractivity contribution is 5.08. The third kappa shape index (κ3) is 5.22. The lowest BCUT2D eigenvalue weighted by atomic mass is 10.1. The molecule has 1 unspecified atom stereocenters. The molecule has 1 atom stereocenters. The van der Waals surface area contributed by atoms with Gasteiger partial charge in [0.05, 0.1) is 17.8 Å². The highest BCUT2D eigenvalue weighted by atomic mass is 19.4. The molecule has 0 aliphatic heterocycles. The number of hydrogen-bond donors (Lipinski definition) is 1. The van der Waals surface area contributed by atoms with Crippen molar-refractivity contribution in [2.45, 2.75) is 45.8 Å². The maximum absolute atomic E-state index is 12.5. The number of halogens is 3. The number of nitrogens with one attached hydrogen (secondary N) is 1. The van der Waals surface area contributed by atoms with Gasteiger partial charge in [-0.05, 0) is 18.9 Å². The largest absolute Gasteiger partial charge is 0.419 e. The molecule has 19 heavy (non-hydrogen) atoms. The van der Waals surface area contributed by atoms with E-state index in [1.807, 2.05) is 6.92 Å². The summed E-state index contributed by atoms with van der Waals surface area (Å²) < 4.78 is 39.0. The second-order valence-corrected chi connectivity index (χ2v) is 5.20. The Morgan fingerprint density at radius 1 is 1.32 bits per heavy atom. The van der Waals surface area contributed by atoms with E-state index >= 15 is 0 Å². The second kappa shape index (κ2) is 6.93. The third-order valence-electron chi connectivity index (χ3n) is 2.86. The van der Waals surface area contributed by atoms with Crippen LogP contribution in [-0.4, -0.2) is 22.9 Å². The normalized spacial score (nSPS) is 14.1. The predicted octanol–water partition coefficient (Wildman–Crippen LogP) is 3.49. The Balaban J connectivity index is 2.67. The van der Waals surface area contributed by atoms with Gasteiger partial charge in [-0.15, -0.1) is 0 Å². The molecule has 1 heterocycles. The van der Waals surface area contributed by atoms with Crippen LogP contribution in [0.25, 0.3) is 0 Å². The van der Waals surface area contributed by atoms with Crippen LogP contribution in [0.3, 0.4) is 0 Å². The van der Waals surface area contributed by atoms with Gasteiger partial charge < -0.3 is 5.32 Å². The zero-order chi connectivity index (χ0) is 14.5. The summed E-state index contributed by atoms with van der Waals surface area (Å²) in [6.07, 6.45) is -0.609. The average Bonchev–Trinajstić information content (AvgIpc) is 2.76. The molecular weight excluding hydrogens is 255 g/mol. The first-order chi connectivity index (χ1) is 8.84. The first-order valence-electron chi connectivity index (χ1n) is 6.66. The van der Waals surface area contributed by atoms with E-state index in [1.165, 1.54) is 4.68 Å². The van der Waals surface area contributed by atoms with E-state index in [9.17, 15) is 13.2 Å². The molecular formula is C13H22F3N3. The number of alkyl halides is 3. The Kier molecular flexibility index (Phi) is 5.85. The average molecular weight is 277 g/mol. The molecule has 1 N–H and O–H groups in total. The second-order valence-electron chi connectivity index (χ2n) is 5.20. The van der Waals surface area contributed by atoms with Crippen LogP contribution in [0.15, 0.2) is 12.4 Å². The van der Waals surface area contributed by atoms with Crippen LogP contribution in [0, 0.1) is 5.92 Å². The van der Waals surface area contributed by atoms with Crippen LogP contribution in [0.2, 0.25) is 0 Å². The number of aromatic nitrogens is 2. The zero-order valence-electron chi connectivity index (χ0n) is 11.7. The molecule has 0 saturated carbocycles. The van der Waals surface area contributed by atoms with E-state index in [2.05, 4.69) is 24.3 Å². The molecule has 0 fully saturated rings. The minimum absolute atomic E-state index is 0.0279. The van der Waals surface area contributed by atoms with Gasteiger partial charge in [0.15, 0.2) is 0 Å². The number of nitrogens with zero attached hydrogens (tertiary/aromatic N) is 2. The van der Waals surface area contributed by atoms with Crippen molar-refractivity contribution < 1.29 is 13.2 Å². The Morgan fingerprint density at radius 3 is 2.47 bits per heavy atom. The lowest BCUT2D eigenvalue weighted by molar-refractivity contribution is -0.137. The number of rotatable bonds is 7. The fourth-order valence-corrected chi connectivity index (χ4v) is 1.88. The zero-order valence-corrected chi connectivity index (χ0v) is 11.7. The van der Waals surface area contributed by atoms with Gasteiger partial charge in [-0.2, -0.15) is 18.3 Å². The summed E-state index contributed by atoms with van der Waals surface area (Å²) in [6.45, 7) is 7.71. The number of hydrogen-bond acceptors (Lipinski definition) is 2. The molecule has 1 aromatic rings. The SMILES string of the molecule is CCCC(CNCC(C)C)n1cc(C(F)(F)F)cn1. The highest BCUT2D eigenvalue weighted by Gasteiger charge is 2.32. The topological polar surface area (TPSA) is 29.9 Å². The van der Waals surface area contributed by atoms with Crippen molar-refractivity contribution in [1.29, 1.82) is 0 Å². The summed E-state index contributed by atoms with van der Waals surface area (Å²) in [5.41, 5.74) is -0.683. The molecule has 0 aliphatic carbocycles. The summed E-state index contributed by atoms with van der Waals surface area (Å²) in [4.78, 5) is 0. The molecule has 0 aliphatic rings. The lowest BCUT2D eigenvalue weighted by Gasteiger charge is -2.18. The lowest BCUT2D eigenvalue weighted by Crippen LogP contribution is -2.28. The summed E-state index contributed by atoms with van der Waals surface area (Å²) in [5, 5.41) is 7.13. The van der Waals surface area contributed by atoms with E-state index in [4.69, 9.17) is 0 Å². The van der Waals surface area contributed by atoms with Crippen LogP contribution in [0.5, 0.6) is 0 Å². The molecule has 0 aromatic carbocycles.